The summed E-state index contributed by atoms with van der Waals surface area (Å²) in [5, 5.41) is 2.78. The Morgan fingerprint density at radius 1 is 1.36 bits per heavy atom. The lowest BCUT2D eigenvalue weighted by molar-refractivity contribution is 0.0993. The van der Waals surface area contributed by atoms with Crippen LogP contribution in [0.4, 0.5) is 4.39 Å². The van der Waals surface area contributed by atoms with Gasteiger partial charge in [-0.1, -0.05) is 0 Å². The van der Waals surface area contributed by atoms with Crippen LogP contribution in [0.3, 0.4) is 0 Å². The number of carbonyl (C=O) groups excluding carboxylic acids is 1. The van der Waals surface area contributed by atoms with E-state index in [2.05, 4.69) is 5.32 Å². The van der Waals surface area contributed by atoms with Gasteiger partial charge in [-0.25, -0.2) is 4.39 Å². The molecule has 0 heterocycles. The van der Waals surface area contributed by atoms with E-state index >= 15 is 0 Å². The second kappa shape index (κ2) is 4.33. The fraction of sp³-hybridized carbons (Fsp3) is 0.364. The van der Waals surface area contributed by atoms with Gasteiger partial charge in [0.1, 0.15) is 5.82 Å². The third kappa shape index (κ3) is 2.17. The maximum atomic E-state index is 13.2. The Hall–Kier alpha value is -1.22. The first-order valence-electron chi connectivity index (χ1n) is 4.50. The average Bonchev–Trinajstić information content (AvgIpc) is 2.13. The third-order valence-electron chi connectivity index (χ3n) is 2.10. The molecule has 0 saturated carbocycles. The fourth-order valence-corrected chi connectivity index (χ4v) is 1.37. The number of aryl methyl sites for hydroxylation is 2. The second-order valence-electron chi connectivity index (χ2n) is 3.38. The average molecular weight is 195 g/mol. The molecule has 0 aromatic heterocycles. The van der Waals surface area contributed by atoms with E-state index in [4.69, 9.17) is 0 Å². The van der Waals surface area contributed by atoms with Gasteiger partial charge in [-0.05, 0) is 44.2 Å². The standard InChI is InChI=1S/C11H14FNO/c1-7-4-9(10(14)6-13-3)5-8(2)11(7)12/h4-5,13H,6H2,1-3H3. The predicted molar refractivity (Wildman–Crippen MR) is 54.1 cm³/mol. The lowest BCUT2D eigenvalue weighted by Gasteiger charge is -2.05. The number of ketones is 1. The Labute approximate surface area is 83.1 Å². The maximum absolute atomic E-state index is 13.2. The lowest BCUT2D eigenvalue weighted by atomic mass is 10.0. The highest BCUT2D eigenvalue weighted by Crippen LogP contribution is 2.14. The number of Topliss-reactive ketones (excluding diaryl/α,β-unsaturated/α-hetero) is 1. The van der Waals surface area contributed by atoms with Gasteiger partial charge in [-0.2, -0.15) is 0 Å². The number of hydrogen-bond donors (Lipinski definition) is 1. The van der Waals surface area contributed by atoms with E-state index in [9.17, 15) is 9.18 Å². The minimum atomic E-state index is -0.231. The molecule has 3 heteroatoms. The van der Waals surface area contributed by atoms with Crippen molar-refractivity contribution in [3.8, 4) is 0 Å². The largest absolute Gasteiger partial charge is 0.313 e. The summed E-state index contributed by atoms with van der Waals surface area (Å²) in [4.78, 5) is 11.5. The van der Waals surface area contributed by atoms with Crippen molar-refractivity contribution in [2.75, 3.05) is 13.6 Å². The van der Waals surface area contributed by atoms with Gasteiger partial charge in [0, 0.05) is 5.56 Å². The molecule has 0 aliphatic carbocycles. The highest BCUT2D eigenvalue weighted by molar-refractivity contribution is 5.97. The molecule has 0 aliphatic rings. The summed E-state index contributed by atoms with van der Waals surface area (Å²) in [7, 11) is 1.71. The van der Waals surface area contributed by atoms with Gasteiger partial charge in [0.15, 0.2) is 5.78 Å². The number of halogens is 1. The molecule has 76 valence electrons. The van der Waals surface area contributed by atoms with Crippen molar-refractivity contribution >= 4 is 5.78 Å². The van der Waals surface area contributed by atoms with Crippen LogP contribution in [0.5, 0.6) is 0 Å². The number of carbonyl (C=O) groups is 1. The Morgan fingerprint density at radius 3 is 2.29 bits per heavy atom. The SMILES string of the molecule is CNCC(=O)c1cc(C)c(F)c(C)c1. The van der Waals surface area contributed by atoms with Crippen molar-refractivity contribution in [3.05, 3.63) is 34.6 Å². The predicted octanol–water partition coefficient (Wildman–Crippen LogP) is 1.84. The Kier molecular flexibility index (Phi) is 3.36. The summed E-state index contributed by atoms with van der Waals surface area (Å²) >= 11 is 0. The molecule has 0 bridgehead atoms. The molecule has 1 aromatic rings. The summed E-state index contributed by atoms with van der Waals surface area (Å²) in [6.45, 7) is 3.61. The highest BCUT2D eigenvalue weighted by atomic mass is 19.1. The molecule has 0 amide bonds. The van der Waals surface area contributed by atoms with Crippen molar-refractivity contribution in [2.45, 2.75) is 13.8 Å². The first-order chi connectivity index (χ1) is 6.56. The lowest BCUT2D eigenvalue weighted by Crippen LogP contribution is -2.18. The zero-order chi connectivity index (χ0) is 10.7. The Bertz CT molecular complexity index is 337. The minimum Gasteiger partial charge on any atom is -0.313 e. The van der Waals surface area contributed by atoms with E-state index in [1.807, 2.05) is 0 Å². The van der Waals surface area contributed by atoms with Crippen LogP contribution in [-0.4, -0.2) is 19.4 Å². The van der Waals surface area contributed by atoms with E-state index < -0.39 is 0 Å². The van der Waals surface area contributed by atoms with Crippen molar-refractivity contribution < 1.29 is 9.18 Å². The first-order valence-corrected chi connectivity index (χ1v) is 4.50. The van der Waals surface area contributed by atoms with Crippen LogP contribution in [0.15, 0.2) is 12.1 Å². The quantitative estimate of drug-likeness (QED) is 0.746. The molecular formula is C11H14FNO. The van der Waals surface area contributed by atoms with Crippen LogP contribution in [-0.2, 0) is 0 Å². The normalized spacial score (nSPS) is 10.3. The fourth-order valence-electron chi connectivity index (χ4n) is 1.37. The first kappa shape index (κ1) is 10.9. The Morgan fingerprint density at radius 2 is 1.86 bits per heavy atom. The monoisotopic (exact) mass is 195 g/mol. The minimum absolute atomic E-state index is 0.0151. The number of benzene rings is 1. The molecular weight excluding hydrogens is 181 g/mol. The van der Waals surface area contributed by atoms with Gasteiger partial charge in [0.05, 0.1) is 6.54 Å². The molecule has 0 radical (unpaired) electrons. The Balaban J connectivity index is 3.06. The summed E-state index contributed by atoms with van der Waals surface area (Å²) in [6.07, 6.45) is 0. The summed E-state index contributed by atoms with van der Waals surface area (Å²) in [5.74, 6) is -0.246. The van der Waals surface area contributed by atoms with Crippen molar-refractivity contribution in [3.63, 3.8) is 0 Å². The zero-order valence-corrected chi connectivity index (χ0v) is 8.65. The van der Waals surface area contributed by atoms with Crippen LogP contribution in [0.1, 0.15) is 21.5 Å². The van der Waals surface area contributed by atoms with E-state index in [-0.39, 0.29) is 18.1 Å². The summed E-state index contributed by atoms with van der Waals surface area (Å²) < 4.78 is 13.2. The van der Waals surface area contributed by atoms with E-state index in [1.54, 1.807) is 33.0 Å². The van der Waals surface area contributed by atoms with Gasteiger partial charge >= 0.3 is 0 Å². The van der Waals surface area contributed by atoms with E-state index in [0.29, 0.717) is 16.7 Å². The topological polar surface area (TPSA) is 29.1 Å². The smallest absolute Gasteiger partial charge is 0.176 e. The van der Waals surface area contributed by atoms with Gasteiger partial charge < -0.3 is 5.32 Å². The van der Waals surface area contributed by atoms with Crippen LogP contribution in [0, 0.1) is 19.7 Å². The van der Waals surface area contributed by atoms with Crippen LogP contribution < -0.4 is 5.32 Å². The van der Waals surface area contributed by atoms with E-state index in [0.717, 1.165) is 0 Å². The molecule has 0 spiro atoms. The third-order valence-corrected chi connectivity index (χ3v) is 2.10. The van der Waals surface area contributed by atoms with Crippen molar-refractivity contribution in [2.24, 2.45) is 0 Å². The maximum Gasteiger partial charge on any atom is 0.176 e. The van der Waals surface area contributed by atoms with Gasteiger partial charge in [0.2, 0.25) is 0 Å². The van der Waals surface area contributed by atoms with Crippen molar-refractivity contribution in [1.82, 2.24) is 5.32 Å². The number of rotatable bonds is 3. The highest BCUT2D eigenvalue weighted by Gasteiger charge is 2.09. The van der Waals surface area contributed by atoms with Crippen molar-refractivity contribution in [1.29, 1.82) is 0 Å². The molecule has 0 fully saturated rings. The molecule has 1 rings (SSSR count). The van der Waals surface area contributed by atoms with Gasteiger partial charge in [0.25, 0.3) is 0 Å². The number of likely N-dealkylation sites (N-methyl/N-ethyl adjacent to an activating group) is 1. The summed E-state index contributed by atoms with van der Waals surface area (Å²) in [5.41, 5.74) is 1.60. The molecule has 0 unspecified atom stereocenters. The summed E-state index contributed by atoms with van der Waals surface area (Å²) in [6, 6.07) is 3.17. The zero-order valence-electron chi connectivity index (χ0n) is 8.65. The number of hydrogen-bond acceptors (Lipinski definition) is 2. The number of nitrogens with one attached hydrogen (secondary N) is 1. The molecule has 1 aromatic carbocycles. The molecule has 0 saturated heterocycles. The molecule has 14 heavy (non-hydrogen) atoms. The van der Waals surface area contributed by atoms with Crippen LogP contribution in [0.25, 0.3) is 0 Å². The van der Waals surface area contributed by atoms with E-state index in [1.165, 1.54) is 0 Å². The van der Waals surface area contributed by atoms with Crippen LogP contribution >= 0.6 is 0 Å². The molecule has 2 nitrogen and oxygen atoms in total. The molecule has 0 aliphatic heterocycles. The van der Waals surface area contributed by atoms with Gasteiger partial charge in [-0.3, -0.25) is 4.79 Å². The molecule has 0 atom stereocenters. The second-order valence-corrected chi connectivity index (χ2v) is 3.38. The van der Waals surface area contributed by atoms with Crippen LogP contribution in [0.2, 0.25) is 0 Å². The molecule has 1 N–H and O–H groups in total. The van der Waals surface area contributed by atoms with Gasteiger partial charge in [-0.15, -0.1) is 0 Å².